The Morgan fingerprint density at radius 2 is 1.93 bits per heavy atom. The van der Waals surface area contributed by atoms with Crippen LogP contribution in [0.2, 0.25) is 0 Å². The van der Waals surface area contributed by atoms with Crippen molar-refractivity contribution in [2.45, 2.75) is 59.3 Å². The smallest absolute Gasteiger partial charge is 0.225 e. The van der Waals surface area contributed by atoms with Gasteiger partial charge in [0.2, 0.25) is 5.91 Å². The molecule has 2 atom stereocenters. The molecule has 1 aliphatic heterocycles. The molecule has 0 saturated carbocycles. The third kappa shape index (κ3) is 4.48. The van der Waals surface area contributed by atoms with E-state index >= 15 is 0 Å². The zero-order valence-corrected chi connectivity index (χ0v) is 17.5. The molecular weight excluding hydrogens is 338 g/mol. The highest BCUT2D eigenvalue weighted by atomic mass is 16.5. The third-order valence-electron chi connectivity index (χ3n) is 6.55. The van der Waals surface area contributed by atoms with Crippen LogP contribution in [0.15, 0.2) is 6.07 Å². The highest BCUT2D eigenvalue weighted by Gasteiger charge is 2.32. The van der Waals surface area contributed by atoms with E-state index in [1.54, 1.807) is 7.11 Å². The average molecular weight is 374 g/mol. The van der Waals surface area contributed by atoms with E-state index in [4.69, 9.17) is 9.47 Å². The van der Waals surface area contributed by atoms with Crippen molar-refractivity contribution in [2.75, 3.05) is 33.4 Å². The molecule has 1 heterocycles. The SMILES string of the molecule is COCCOc1cc(C)c2c(c1C)C[C@H](C(C)C(=O)N1CCCCC1)CC2. The second kappa shape index (κ2) is 9.09. The number of carbonyl (C=O) groups is 1. The number of nitrogens with zero attached hydrogens (tertiary/aromatic N) is 1. The summed E-state index contributed by atoms with van der Waals surface area (Å²) >= 11 is 0. The highest BCUT2D eigenvalue weighted by Crippen LogP contribution is 2.38. The molecule has 1 amide bonds. The van der Waals surface area contributed by atoms with Crippen molar-refractivity contribution in [1.29, 1.82) is 0 Å². The fourth-order valence-electron chi connectivity index (χ4n) is 4.74. The van der Waals surface area contributed by atoms with Gasteiger partial charge >= 0.3 is 0 Å². The Balaban J connectivity index is 1.74. The number of fused-ring (bicyclic) bond motifs is 1. The molecule has 1 unspecified atom stereocenters. The predicted octanol–water partition coefficient (Wildman–Crippen LogP) is 4.08. The van der Waals surface area contributed by atoms with E-state index in [1.165, 1.54) is 28.7 Å². The molecule has 1 aromatic rings. The molecule has 0 N–H and O–H groups in total. The van der Waals surface area contributed by atoms with Crippen molar-refractivity contribution in [2.24, 2.45) is 11.8 Å². The van der Waals surface area contributed by atoms with Crippen LogP contribution in [0, 0.1) is 25.7 Å². The summed E-state index contributed by atoms with van der Waals surface area (Å²) < 4.78 is 11.1. The van der Waals surface area contributed by atoms with E-state index in [-0.39, 0.29) is 5.92 Å². The second-order valence-electron chi connectivity index (χ2n) is 8.29. The average Bonchev–Trinajstić information content (AvgIpc) is 2.71. The first-order valence-corrected chi connectivity index (χ1v) is 10.6. The van der Waals surface area contributed by atoms with Gasteiger partial charge in [-0.25, -0.2) is 0 Å². The van der Waals surface area contributed by atoms with Gasteiger partial charge < -0.3 is 14.4 Å². The number of hydrogen-bond donors (Lipinski definition) is 0. The van der Waals surface area contributed by atoms with Crippen molar-refractivity contribution in [1.82, 2.24) is 4.90 Å². The van der Waals surface area contributed by atoms with Crippen LogP contribution in [0.1, 0.15) is 54.9 Å². The van der Waals surface area contributed by atoms with Crippen LogP contribution in [0.25, 0.3) is 0 Å². The number of methoxy groups -OCH3 is 1. The summed E-state index contributed by atoms with van der Waals surface area (Å²) in [4.78, 5) is 15.1. The molecule has 0 spiro atoms. The zero-order valence-electron chi connectivity index (χ0n) is 17.5. The summed E-state index contributed by atoms with van der Waals surface area (Å²) in [5, 5.41) is 0. The van der Waals surface area contributed by atoms with Crippen molar-refractivity contribution in [3.63, 3.8) is 0 Å². The maximum absolute atomic E-state index is 13.0. The molecule has 4 heteroatoms. The number of carbonyl (C=O) groups excluding carboxylic acids is 1. The molecule has 0 bridgehead atoms. The Labute approximate surface area is 164 Å². The molecule has 0 aromatic heterocycles. The minimum atomic E-state index is 0.106. The van der Waals surface area contributed by atoms with Crippen molar-refractivity contribution in [3.8, 4) is 5.75 Å². The van der Waals surface area contributed by atoms with Gasteiger partial charge in [-0.3, -0.25) is 4.79 Å². The Bertz CT molecular complexity index is 664. The maximum atomic E-state index is 13.0. The van der Waals surface area contributed by atoms with E-state index in [9.17, 15) is 4.79 Å². The van der Waals surface area contributed by atoms with E-state index in [0.29, 0.717) is 25.0 Å². The molecule has 4 nitrogen and oxygen atoms in total. The molecular formula is C23H35NO3. The van der Waals surface area contributed by atoms with Crippen molar-refractivity contribution >= 4 is 5.91 Å². The monoisotopic (exact) mass is 373 g/mol. The van der Waals surface area contributed by atoms with Gasteiger partial charge in [0.25, 0.3) is 0 Å². The van der Waals surface area contributed by atoms with Gasteiger partial charge in [-0.15, -0.1) is 0 Å². The number of benzene rings is 1. The van der Waals surface area contributed by atoms with Crippen LogP contribution in [0.5, 0.6) is 5.75 Å². The summed E-state index contributed by atoms with van der Waals surface area (Å²) in [6.45, 7) is 9.56. The molecule has 1 fully saturated rings. The van der Waals surface area contributed by atoms with E-state index < -0.39 is 0 Å². The molecule has 150 valence electrons. The summed E-state index contributed by atoms with van der Waals surface area (Å²) in [7, 11) is 1.69. The molecule has 3 rings (SSSR count). The van der Waals surface area contributed by atoms with Crippen LogP contribution in [0.3, 0.4) is 0 Å². The Morgan fingerprint density at radius 3 is 2.63 bits per heavy atom. The second-order valence-corrected chi connectivity index (χ2v) is 8.29. The summed E-state index contributed by atoms with van der Waals surface area (Å²) in [6.07, 6.45) is 6.75. The van der Waals surface area contributed by atoms with Gasteiger partial charge in [0.15, 0.2) is 0 Å². The summed E-state index contributed by atoms with van der Waals surface area (Å²) in [5.74, 6) is 1.87. The van der Waals surface area contributed by atoms with Gasteiger partial charge in [-0.2, -0.15) is 0 Å². The predicted molar refractivity (Wildman–Crippen MR) is 108 cm³/mol. The van der Waals surface area contributed by atoms with Gasteiger partial charge in [-0.1, -0.05) is 6.92 Å². The number of likely N-dealkylation sites (tertiary alicyclic amines) is 1. The normalized spacial score (nSPS) is 20.9. The first-order chi connectivity index (χ1) is 13.0. The fourth-order valence-corrected chi connectivity index (χ4v) is 4.74. The van der Waals surface area contributed by atoms with Crippen LogP contribution >= 0.6 is 0 Å². The Kier molecular flexibility index (Phi) is 6.80. The lowest BCUT2D eigenvalue weighted by atomic mass is 9.74. The van der Waals surface area contributed by atoms with Crippen molar-refractivity contribution in [3.05, 3.63) is 28.3 Å². The molecule has 27 heavy (non-hydrogen) atoms. The number of aryl methyl sites for hydroxylation is 1. The lowest BCUT2D eigenvalue weighted by Gasteiger charge is -2.35. The molecule has 2 aliphatic rings. The van der Waals surface area contributed by atoms with Gasteiger partial charge in [0, 0.05) is 26.1 Å². The van der Waals surface area contributed by atoms with Gasteiger partial charge in [0.05, 0.1) is 6.61 Å². The number of amides is 1. The van der Waals surface area contributed by atoms with Crippen LogP contribution in [-0.4, -0.2) is 44.2 Å². The quantitative estimate of drug-likeness (QED) is 0.705. The van der Waals surface area contributed by atoms with E-state index in [1.807, 2.05) is 0 Å². The number of piperidine rings is 1. The van der Waals surface area contributed by atoms with Crippen molar-refractivity contribution < 1.29 is 14.3 Å². The Morgan fingerprint density at radius 1 is 1.19 bits per heavy atom. The highest BCUT2D eigenvalue weighted by molar-refractivity contribution is 5.79. The van der Waals surface area contributed by atoms with Gasteiger partial charge in [-0.05, 0) is 86.6 Å². The first-order valence-electron chi connectivity index (χ1n) is 10.6. The maximum Gasteiger partial charge on any atom is 0.225 e. The van der Waals surface area contributed by atoms with Crippen LogP contribution in [0.4, 0.5) is 0 Å². The molecule has 1 aliphatic carbocycles. The minimum Gasteiger partial charge on any atom is -0.491 e. The van der Waals surface area contributed by atoms with Gasteiger partial charge in [0.1, 0.15) is 12.4 Å². The minimum absolute atomic E-state index is 0.106. The third-order valence-corrected chi connectivity index (χ3v) is 6.55. The molecule has 1 aromatic carbocycles. The van der Waals surface area contributed by atoms with Crippen LogP contribution in [-0.2, 0) is 22.4 Å². The van der Waals surface area contributed by atoms with Crippen LogP contribution < -0.4 is 4.74 Å². The van der Waals surface area contributed by atoms with E-state index in [2.05, 4.69) is 31.7 Å². The number of ether oxygens (including phenoxy) is 2. The molecule has 0 radical (unpaired) electrons. The summed E-state index contributed by atoms with van der Waals surface area (Å²) in [5.41, 5.74) is 5.45. The molecule has 1 saturated heterocycles. The number of rotatable bonds is 6. The first kappa shape index (κ1) is 20.2. The Hall–Kier alpha value is -1.55. The largest absolute Gasteiger partial charge is 0.491 e. The zero-order chi connectivity index (χ0) is 19.4. The lowest BCUT2D eigenvalue weighted by Crippen LogP contribution is -2.42. The topological polar surface area (TPSA) is 38.8 Å². The summed E-state index contributed by atoms with van der Waals surface area (Å²) in [6, 6.07) is 2.17. The lowest BCUT2D eigenvalue weighted by molar-refractivity contribution is -0.137. The number of hydrogen-bond acceptors (Lipinski definition) is 3. The fraction of sp³-hybridized carbons (Fsp3) is 0.696. The van der Waals surface area contributed by atoms with E-state index in [0.717, 1.165) is 50.9 Å². The standard InChI is InChI=1S/C23H35NO3/c1-16-14-22(27-13-12-26-4)18(3)21-15-19(8-9-20(16)21)17(2)23(25)24-10-6-5-7-11-24/h14,17,19H,5-13,15H2,1-4H3/t17?,19-/m1/s1.